The molecule has 1 saturated heterocycles. The summed E-state index contributed by atoms with van der Waals surface area (Å²) in [6.07, 6.45) is -0.0109. The lowest BCUT2D eigenvalue weighted by atomic mass is 10.2. The molecular formula is C19H16Cl2FN3O2S. The highest BCUT2D eigenvalue weighted by Gasteiger charge is 2.37. The lowest BCUT2D eigenvalue weighted by Crippen LogP contribution is -2.30. The van der Waals surface area contributed by atoms with Gasteiger partial charge in [0.15, 0.2) is 5.17 Å². The molecule has 1 heterocycles. The van der Waals surface area contributed by atoms with E-state index in [1.807, 2.05) is 6.92 Å². The zero-order valence-corrected chi connectivity index (χ0v) is 17.3. The Morgan fingerprint density at radius 1 is 1.29 bits per heavy atom. The normalized spacial score (nSPS) is 18.0. The number of amidine groups is 1. The summed E-state index contributed by atoms with van der Waals surface area (Å²) in [6.45, 7) is 1.85. The summed E-state index contributed by atoms with van der Waals surface area (Å²) in [4.78, 5) is 30.6. The number of benzene rings is 2. The van der Waals surface area contributed by atoms with Gasteiger partial charge in [0.25, 0.3) is 0 Å². The highest BCUT2D eigenvalue weighted by molar-refractivity contribution is 8.15. The molecule has 3 rings (SSSR count). The smallest absolute Gasteiger partial charge is 0.242 e. The number of amides is 2. The Hall–Kier alpha value is -2.09. The van der Waals surface area contributed by atoms with Crippen molar-refractivity contribution < 1.29 is 14.0 Å². The summed E-state index contributed by atoms with van der Waals surface area (Å²) >= 11 is 12.9. The minimum atomic E-state index is -0.598. The first-order valence-corrected chi connectivity index (χ1v) is 9.92. The first kappa shape index (κ1) is 20.6. The van der Waals surface area contributed by atoms with E-state index in [0.29, 0.717) is 21.6 Å². The highest BCUT2D eigenvalue weighted by Crippen LogP contribution is 2.32. The summed E-state index contributed by atoms with van der Waals surface area (Å²) in [7, 11) is 1.58. The zero-order chi connectivity index (χ0) is 20.4. The third-order valence-corrected chi connectivity index (χ3v) is 5.87. The Kier molecular flexibility index (Phi) is 6.27. The molecule has 28 heavy (non-hydrogen) atoms. The number of rotatable bonds is 4. The van der Waals surface area contributed by atoms with E-state index in [1.54, 1.807) is 25.2 Å². The Labute approximate surface area is 175 Å². The van der Waals surface area contributed by atoms with Crippen LogP contribution in [-0.2, 0) is 9.59 Å². The van der Waals surface area contributed by atoms with Gasteiger partial charge in [0, 0.05) is 24.2 Å². The number of carbonyl (C=O) groups is 2. The van der Waals surface area contributed by atoms with E-state index in [-0.39, 0.29) is 23.3 Å². The van der Waals surface area contributed by atoms with Gasteiger partial charge in [-0.3, -0.25) is 14.5 Å². The molecule has 0 radical (unpaired) electrons. The second-order valence-electron chi connectivity index (χ2n) is 6.21. The van der Waals surface area contributed by atoms with E-state index in [1.165, 1.54) is 34.9 Å². The van der Waals surface area contributed by atoms with Gasteiger partial charge in [0.05, 0.1) is 10.7 Å². The van der Waals surface area contributed by atoms with Crippen molar-refractivity contribution >= 4 is 63.3 Å². The molecule has 0 unspecified atom stereocenters. The van der Waals surface area contributed by atoms with Crippen LogP contribution in [0.5, 0.6) is 0 Å². The van der Waals surface area contributed by atoms with Crippen molar-refractivity contribution in [1.29, 1.82) is 0 Å². The fraction of sp³-hybridized carbons (Fsp3) is 0.211. The van der Waals surface area contributed by atoms with Crippen LogP contribution in [0.3, 0.4) is 0 Å². The summed E-state index contributed by atoms with van der Waals surface area (Å²) < 4.78 is 13.3. The van der Waals surface area contributed by atoms with E-state index >= 15 is 0 Å². The van der Waals surface area contributed by atoms with Gasteiger partial charge in [-0.1, -0.05) is 41.0 Å². The second-order valence-corrected chi connectivity index (χ2v) is 8.22. The minimum absolute atomic E-state index is 0.0109. The van der Waals surface area contributed by atoms with Crippen molar-refractivity contribution in [3.63, 3.8) is 0 Å². The van der Waals surface area contributed by atoms with Crippen LogP contribution in [-0.4, -0.2) is 34.2 Å². The highest BCUT2D eigenvalue weighted by atomic mass is 35.5. The van der Waals surface area contributed by atoms with Crippen molar-refractivity contribution in [2.75, 3.05) is 12.4 Å². The quantitative estimate of drug-likeness (QED) is 0.726. The lowest BCUT2D eigenvalue weighted by molar-refractivity contribution is -0.127. The van der Waals surface area contributed by atoms with E-state index < -0.39 is 11.1 Å². The molecular weight excluding hydrogens is 424 g/mol. The fourth-order valence-electron chi connectivity index (χ4n) is 2.56. The van der Waals surface area contributed by atoms with Gasteiger partial charge in [-0.2, -0.15) is 0 Å². The molecule has 2 amide bonds. The number of thioether (sulfide) groups is 1. The first-order valence-electron chi connectivity index (χ1n) is 8.28. The molecule has 0 aromatic heterocycles. The average molecular weight is 440 g/mol. The molecule has 1 atom stereocenters. The minimum Gasteiger partial charge on any atom is -0.326 e. The number of hydrogen-bond donors (Lipinski definition) is 1. The number of aryl methyl sites for hydroxylation is 1. The Bertz CT molecular complexity index is 984. The third kappa shape index (κ3) is 4.66. The molecule has 1 fully saturated rings. The Morgan fingerprint density at radius 3 is 2.75 bits per heavy atom. The molecule has 0 aliphatic carbocycles. The predicted octanol–water partition coefficient (Wildman–Crippen LogP) is 5.03. The van der Waals surface area contributed by atoms with Gasteiger partial charge < -0.3 is 5.32 Å². The first-order chi connectivity index (χ1) is 13.2. The lowest BCUT2D eigenvalue weighted by Gasteiger charge is -2.11. The van der Waals surface area contributed by atoms with Crippen LogP contribution in [0.1, 0.15) is 12.0 Å². The van der Waals surface area contributed by atoms with Crippen molar-refractivity contribution in [1.82, 2.24) is 4.90 Å². The monoisotopic (exact) mass is 439 g/mol. The third-order valence-electron chi connectivity index (χ3n) is 4.11. The summed E-state index contributed by atoms with van der Waals surface area (Å²) in [5.74, 6) is -1.06. The molecule has 0 saturated carbocycles. The van der Waals surface area contributed by atoms with E-state index in [4.69, 9.17) is 23.2 Å². The summed E-state index contributed by atoms with van der Waals surface area (Å²) in [6, 6.07) is 9.26. The maximum Gasteiger partial charge on any atom is 0.242 e. The maximum absolute atomic E-state index is 13.3. The van der Waals surface area contributed by atoms with Crippen molar-refractivity contribution in [3.8, 4) is 0 Å². The van der Waals surface area contributed by atoms with Crippen LogP contribution >= 0.6 is 35.0 Å². The fourth-order valence-corrected chi connectivity index (χ4v) is 4.06. The molecule has 2 aromatic rings. The molecule has 5 nitrogen and oxygen atoms in total. The molecule has 2 aromatic carbocycles. The van der Waals surface area contributed by atoms with Crippen LogP contribution in [0.15, 0.2) is 41.4 Å². The SMILES string of the molecule is Cc1ccc(Cl)cc1NC(=O)C[C@@H]1SC(=Nc2ccc(F)c(Cl)c2)N(C)C1=O. The molecule has 9 heteroatoms. The van der Waals surface area contributed by atoms with Crippen LogP contribution in [0.2, 0.25) is 10.0 Å². The Balaban J connectivity index is 1.70. The maximum atomic E-state index is 13.3. The molecule has 1 N–H and O–H groups in total. The molecule has 0 bridgehead atoms. The molecule has 1 aliphatic heterocycles. The van der Waals surface area contributed by atoms with E-state index in [2.05, 4.69) is 10.3 Å². The standard InChI is InChI=1S/C19H16Cl2FN3O2S/c1-10-3-4-11(20)7-15(10)24-17(26)9-16-18(27)25(2)19(28-16)23-12-5-6-14(22)13(21)8-12/h3-8,16H,9H2,1-2H3,(H,24,26)/t16-/m0/s1. The summed E-state index contributed by atoms with van der Waals surface area (Å²) in [5, 5.41) is 3.07. The van der Waals surface area contributed by atoms with Gasteiger partial charge in [-0.25, -0.2) is 9.38 Å². The van der Waals surface area contributed by atoms with Crippen LogP contribution < -0.4 is 5.32 Å². The topological polar surface area (TPSA) is 61.8 Å². The molecule has 1 aliphatic rings. The average Bonchev–Trinajstić information content (AvgIpc) is 2.89. The van der Waals surface area contributed by atoms with Crippen LogP contribution in [0.4, 0.5) is 15.8 Å². The largest absolute Gasteiger partial charge is 0.326 e. The van der Waals surface area contributed by atoms with Crippen molar-refractivity contribution in [2.45, 2.75) is 18.6 Å². The van der Waals surface area contributed by atoms with Crippen LogP contribution in [0, 0.1) is 12.7 Å². The summed E-state index contributed by atoms with van der Waals surface area (Å²) in [5.41, 5.74) is 1.90. The van der Waals surface area contributed by atoms with Crippen molar-refractivity contribution in [3.05, 3.63) is 57.8 Å². The van der Waals surface area contributed by atoms with Gasteiger partial charge in [-0.05, 0) is 42.8 Å². The van der Waals surface area contributed by atoms with Gasteiger partial charge in [-0.15, -0.1) is 0 Å². The number of carbonyl (C=O) groups excluding carboxylic acids is 2. The van der Waals surface area contributed by atoms with Crippen LogP contribution in [0.25, 0.3) is 0 Å². The molecule has 146 valence electrons. The number of hydrogen-bond acceptors (Lipinski definition) is 4. The van der Waals surface area contributed by atoms with E-state index in [0.717, 1.165) is 5.56 Å². The predicted molar refractivity (Wildman–Crippen MR) is 112 cm³/mol. The number of nitrogens with zero attached hydrogens (tertiary/aromatic N) is 2. The number of anilines is 1. The number of aliphatic imine (C=N–C) groups is 1. The number of halogens is 3. The van der Waals surface area contributed by atoms with Gasteiger partial charge in [0.1, 0.15) is 11.1 Å². The van der Waals surface area contributed by atoms with Crippen molar-refractivity contribution in [2.24, 2.45) is 4.99 Å². The zero-order valence-electron chi connectivity index (χ0n) is 15.0. The Morgan fingerprint density at radius 2 is 2.04 bits per heavy atom. The second kappa shape index (κ2) is 8.51. The van der Waals surface area contributed by atoms with Gasteiger partial charge >= 0.3 is 0 Å². The van der Waals surface area contributed by atoms with E-state index in [9.17, 15) is 14.0 Å². The molecule has 0 spiro atoms. The van der Waals surface area contributed by atoms with Gasteiger partial charge in [0.2, 0.25) is 11.8 Å². The number of nitrogens with one attached hydrogen (secondary N) is 1.